The maximum absolute atomic E-state index is 11.3. The van der Waals surface area contributed by atoms with Crippen LogP contribution in [0.3, 0.4) is 0 Å². The van der Waals surface area contributed by atoms with Crippen molar-refractivity contribution in [3.63, 3.8) is 0 Å². The number of rotatable bonds is 2. The van der Waals surface area contributed by atoms with E-state index < -0.39 is 0 Å². The Hall–Kier alpha value is -1.24. The quantitative estimate of drug-likeness (QED) is 0.148. The van der Waals surface area contributed by atoms with E-state index >= 15 is 0 Å². The van der Waals surface area contributed by atoms with E-state index in [0.29, 0.717) is 9.47 Å². The first-order valence-electron chi connectivity index (χ1n) is 16.0. The molecular formula is C36H68I2N4O2V. The van der Waals surface area contributed by atoms with E-state index in [1.54, 1.807) is 22.9 Å². The van der Waals surface area contributed by atoms with Gasteiger partial charge in [-0.05, 0) is 52.0 Å². The van der Waals surface area contributed by atoms with Crippen LogP contribution in [0.15, 0.2) is 48.8 Å². The van der Waals surface area contributed by atoms with Crippen molar-refractivity contribution >= 4 is 62.6 Å². The van der Waals surface area contributed by atoms with Crippen LogP contribution in [0, 0.1) is 13.8 Å². The zero-order chi connectivity index (χ0) is 36.3. The third kappa shape index (κ3) is 25.5. The normalized spacial score (nSPS) is 7.64. The molecule has 0 unspecified atom stereocenters. The standard InChI is InChI=1S/2C10H10N2O.C3H8.6C2H6.CH4.2HI.V/c2*1-7-10(8(2)13)9-5-3-4-6-12(9)11-7;1-3-2;6*1-2;;;;/h2*3-6H,1-2H3;3H2,1-2H3;6*1-2H3;1H4;2*1H;/q;;;;;;;;;;;;+2/p-2. The summed E-state index contributed by atoms with van der Waals surface area (Å²) in [4.78, 5) is 22.6. The Morgan fingerprint density at radius 1 is 0.622 bits per heavy atom. The first-order valence-corrected chi connectivity index (χ1v) is 25.1. The first-order chi connectivity index (χ1) is 21.2. The van der Waals surface area contributed by atoms with Gasteiger partial charge >= 0.3 is 49.4 Å². The van der Waals surface area contributed by atoms with Crippen molar-refractivity contribution in [2.45, 2.75) is 138 Å². The Kier molecular flexibility index (Phi) is 59.1. The third-order valence-electron chi connectivity index (χ3n) is 4.13. The van der Waals surface area contributed by atoms with Crippen LogP contribution in [0.25, 0.3) is 11.0 Å². The van der Waals surface area contributed by atoms with Crippen molar-refractivity contribution in [2.24, 2.45) is 0 Å². The number of carbonyl (C=O) groups is 2. The zero-order valence-corrected chi connectivity index (χ0v) is 36.8. The van der Waals surface area contributed by atoms with Gasteiger partial charge in [-0.1, -0.05) is 123 Å². The molecule has 263 valence electrons. The van der Waals surface area contributed by atoms with Gasteiger partial charge in [0.1, 0.15) is 0 Å². The maximum atomic E-state index is 11.3. The monoisotopic (exact) mass is 893 g/mol. The van der Waals surface area contributed by atoms with Gasteiger partial charge in [0.05, 0.1) is 33.5 Å². The molecule has 0 bridgehead atoms. The number of fused-ring (bicyclic) bond motifs is 2. The first kappa shape index (κ1) is 59.2. The van der Waals surface area contributed by atoms with Crippen LogP contribution in [-0.4, -0.2) is 30.8 Å². The summed E-state index contributed by atoms with van der Waals surface area (Å²) in [6.07, 6.45) is 4.93. The molecule has 4 aromatic rings. The number of hydrogen-bond donors (Lipinski definition) is 0. The van der Waals surface area contributed by atoms with Crippen molar-refractivity contribution < 1.29 is 19.1 Å². The Balaban J connectivity index is -0.0000000843. The topological polar surface area (TPSA) is 68.7 Å². The number of ketones is 2. The minimum absolute atomic E-state index is 0. The molecule has 0 saturated heterocycles. The Labute approximate surface area is 308 Å². The van der Waals surface area contributed by atoms with Crippen molar-refractivity contribution in [1.82, 2.24) is 19.2 Å². The Morgan fingerprint density at radius 3 is 1.04 bits per heavy atom. The molecule has 0 saturated carbocycles. The average Bonchev–Trinajstić information content (AvgIpc) is 3.59. The number of aryl methyl sites for hydroxylation is 2. The van der Waals surface area contributed by atoms with Gasteiger partial charge in [-0.2, -0.15) is 10.2 Å². The summed E-state index contributed by atoms with van der Waals surface area (Å²) in [5.74, 6) is 0.136. The number of aromatic nitrogens is 4. The summed E-state index contributed by atoms with van der Waals surface area (Å²) in [5.41, 5.74) is 4.79. The number of hydrogen-bond acceptors (Lipinski definition) is 4. The van der Waals surface area contributed by atoms with Crippen LogP contribution < -0.4 is 0 Å². The van der Waals surface area contributed by atoms with Gasteiger partial charge < -0.3 is 0 Å². The fourth-order valence-corrected chi connectivity index (χ4v) is 3.10. The molecule has 0 fully saturated rings. The van der Waals surface area contributed by atoms with E-state index in [1.165, 1.54) is 6.42 Å². The van der Waals surface area contributed by atoms with Gasteiger partial charge in [-0.3, -0.25) is 9.59 Å². The summed E-state index contributed by atoms with van der Waals surface area (Å²) in [6.45, 7) is 35.1. The summed E-state index contributed by atoms with van der Waals surface area (Å²) >= 11 is 4.74. The second-order valence-corrected chi connectivity index (χ2v) is 18.7. The van der Waals surface area contributed by atoms with E-state index in [4.69, 9.17) is 0 Å². The molecule has 0 atom stereocenters. The predicted octanol–water partition coefficient (Wildman–Crippen LogP) is 13.7. The zero-order valence-electron chi connectivity index (χ0n) is 31.1. The molecule has 0 N–H and O–H groups in total. The van der Waals surface area contributed by atoms with Crippen molar-refractivity contribution in [3.8, 4) is 0 Å². The van der Waals surface area contributed by atoms with Gasteiger partial charge in [0.2, 0.25) is 0 Å². The van der Waals surface area contributed by atoms with Crippen LogP contribution in [0.2, 0.25) is 0 Å². The molecule has 6 nitrogen and oxygen atoms in total. The number of pyridine rings is 2. The van der Waals surface area contributed by atoms with E-state index in [2.05, 4.69) is 64.0 Å². The number of halogens is 2. The van der Waals surface area contributed by atoms with Gasteiger partial charge in [0.15, 0.2) is 11.6 Å². The molecule has 0 aromatic carbocycles. The minimum atomic E-state index is 0. The van der Waals surface area contributed by atoms with Gasteiger partial charge in [0.25, 0.3) is 0 Å². The number of nitrogens with zero attached hydrogens (tertiary/aromatic N) is 4. The molecule has 0 amide bonds. The fraction of sp³-hybridized carbons (Fsp3) is 0.556. The summed E-state index contributed by atoms with van der Waals surface area (Å²) in [5, 5.41) is 8.46. The van der Waals surface area contributed by atoms with Crippen LogP contribution in [0.1, 0.15) is 157 Å². The Bertz CT molecular complexity index is 1080. The predicted molar refractivity (Wildman–Crippen MR) is 219 cm³/mol. The molecule has 0 aliphatic rings. The van der Waals surface area contributed by atoms with E-state index in [1.807, 2.05) is 146 Å². The third-order valence-corrected chi connectivity index (χ3v) is 4.13. The molecule has 0 spiro atoms. The van der Waals surface area contributed by atoms with E-state index in [0.717, 1.165) is 33.5 Å². The molecule has 9 heteroatoms. The van der Waals surface area contributed by atoms with Crippen LogP contribution >= 0.6 is 40.0 Å². The van der Waals surface area contributed by atoms with Crippen molar-refractivity contribution in [3.05, 3.63) is 71.3 Å². The van der Waals surface area contributed by atoms with Gasteiger partial charge in [-0.15, -0.1) is 0 Å². The molecule has 0 radical (unpaired) electrons. The molecule has 0 aliphatic heterocycles. The van der Waals surface area contributed by atoms with Crippen molar-refractivity contribution in [2.75, 3.05) is 0 Å². The number of Topliss-reactive ketones (excluding diaryl/α,β-unsaturated/α-hetero) is 2. The Morgan fingerprint density at radius 2 is 0.844 bits per heavy atom. The average molecular weight is 894 g/mol. The second-order valence-electron chi connectivity index (χ2n) is 6.87. The second kappa shape index (κ2) is 44.9. The van der Waals surface area contributed by atoms with Crippen LogP contribution in [-0.2, 0) is 9.47 Å². The van der Waals surface area contributed by atoms with E-state index in [-0.39, 0.29) is 19.0 Å². The number of carbonyl (C=O) groups excluding carboxylic acids is 2. The summed E-state index contributed by atoms with van der Waals surface area (Å²) in [6, 6.07) is 11.4. The van der Waals surface area contributed by atoms with Gasteiger partial charge in [0, 0.05) is 12.4 Å². The van der Waals surface area contributed by atoms with E-state index in [9.17, 15) is 9.59 Å². The molecule has 4 rings (SSSR count). The van der Waals surface area contributed by atoms with Gasteiger partial charge in [-0.25, -0.2) is 9.03 Å². The molecule has 45 heavy (non-hydrogen) atoms. The summed E-state index contributed by atoms with van der Waals surface area (Å²) < 4.78 is 3.46. The molecular weight excluding hydrogens is 825 g/mol. The fourth-order valence-electron chi connectivity index (χ4n) is 3.10. The molecule has 4 heterocycles. The van der Waals surface area contributed by atoms with Crippen molar-refractivity contribution in [1.29, 1.82) is 0 Å². The van der Waals surface area contributed by atoms with Crippen LogP contribution in [0.4, 0.5) is 0 Å². The molecule has 4 aromatic heterocycles. The summed E-state index contributed by atoms with van der Waals surface area (Å²) in [7, 11) is 0.628. The molecule has 0 aliphatic carbocycles. The SMILES string of the molecule is C.CC.CC.CC.CC.CC.CC.CC(=O)c1c(C)nn2ccccc12.CC(=O)c1c(C)nn2ccccc12.CCC.[I][V][I]. The van der Waals surface area contributed by atoms with Crippen LogP contribution in [0.5, 0.6) is 0 Å².